The molecule has 0 amide bonds. The number of hydrogen-bond donors (Lipinski definition) is 1. The van der Waals surface area contributed by atoms with Crippen molar-refractivity contribution in [3.05, 3.63) is 54.6 Å². The second-order valence-corrected chi connectivity index (χ2v) is 6.31. The molecule has 2 heterocycles. The summed E-state index contributed by atoms with van der Waals surface area (Å²) >= 11 is 0. The van der Waals surface area contributed by atoms with E-state index >= 15 is 0 Å². The van der Waals surface area contributed by atoms with Gasteiger partial charge in [-0.25, -0.2) is 9.97 Å². The molecule has 0 spiro atoms. The molecule has 1 fully saturated rings. The third-order valence-electron chi connectivity index (χ3n) is 4.70. The minimum atomic E-state index is 0.217. The van der Waals surface area contributed by atoms with Gasteiger partial charge in [-0.05, 0) is 12.1 Å². The van der Waals surface area contributed by atoms with Crippen LogP contribution in [0.1, 0.15) is 0 Å². The molecular weight excluding hydrogens is 312 g/mol. The van der Waals surface area contributed by atoms with Gasteiger partial charge in [0.2, 0.25) is 0 Å². The summed E-state index contributed by atoms with van der Waals surface area (Å²) in [4.78, 5) is 14.3. The number of fused-ring (bicyclic) bond motifs is 1. The van der Waals surface area contributed by atoms with Gasteiger partial charge in [-0.3, -0.25) is 4.90 Å². The van der Waals surface area contributed by atoms with E-state index in [1.54, 1.807) is 0 Å². The minimum absolute atomic E-state index is 0.217. The first-order valence-corrected chi connectivity index (χ1v) is 8.75. The van der Waals surface area contributed by atoms with Crippen LogP contribution in [0, 0.1) is 0 Å². The van der Waals surface area contributed by atoms with Gasteiger partial charge in [0.05, 0.1) is 12.1 Å². The van der Waals surface area contributed by atoms with Crippen LogP contribution in [0.15, 0.2) is 54.6 Å². The normalized spacial score (nSPS) is 15.6. The van der Waals surface area contributed by atoms with E-state index in [1.165, 1.54) is 0 Å². The zero-order valence-electron chi connectivity index (χ0n) is 14.2. The standard InChI is InChI=1S/C20H22N4O/c25-15-14-23-10-12-24(13-11-23)20-17-8-4-5-9-18(17)21-19(22-20)16-6-2-1-3-7-16/h1-9,25H,10-15H2. The van der Waals surface area contributed by atoms with Gasteiger partial charge in [0.15, 0.2) is 5.82 Å². The molecule has 0 aliphatic carbocycles. The monoisotopic (exact) mass is 334 g/mol. The number of rotatable bonds is 4. The average molecular weight is 334 g/mol. The number of anilines is 1. The Bertz CT molecular complexity index is 845. The van der Waals surface area contributed by atoms with Crippen molar-refractivity contribution in [3.8, 4) is 11.4 Å². The lowest BCUT2D eigenvalue weighted by Gasteiger charge is -2.35. The zero-order chi connectivity index (χ0) is 17.1. The Hall–Kier alpha value is -2.50. The van der Waals surface area contributed by atoms with E-state index in [9.17, 15) is 0 Å². The second kappa shape index (κ2) is 7.17. The van der Waals surface area contributed by atoms with Crippen molar-refractivity contribution in [2.24, 2.45) is 0 Å². The highest BCUT2D eigenvalue weighted by Crippen LogP contribution is 2.28. The van der Waals surface area contributed by atoms with Gasteiger partial charge in [0, 0.05) is 43.7 Å². The fraction of sp³-hybridized carbons (Fsp3) is 0.300. The van der Waals surface area contributed by atoms with Crippen LogP contribution in [0.25, 0.3) is 22.3 Å². The smallest absolute Gasteiger partial charge is 0.162 e. The molecule has 128 valence electrons. The van der Waals surface area contributed by atoms with E-state index in [1.807, 2.05) is 42.5 Å². The van der Waals surface area contributed by atoms with Crippen molar-refractivity contribution in [2.75, 3.05) is 44.2 Å². The summed E-state index contributed by atoms with van der Waals surface area (Å²) in [6.45, 7) is 4.67. The molecule has 1 N–H and O–H groups in total. The van der Waals surface area contributed by atoms with Crippen molar-refractivity contribution in [3.63, 3.8) is 0 Å². The Morgan fingerprint density at radius 2 is 1.56 bits per heavy atom. The van der Waals surface area contributed by atoms with Crippen LogP contribution in [0.4, 0.5) is 5.82 Å². The molecular formula is C20H22N4O. The predicted octanol–water partition coefficient (Wildman–Crippen LogP) is 2.41. The first-order valence-electron chi connectivity index (χ1n) is 8.75. The molecule has 0 atom stereocenters. The van der Waals surface area contributed by atoms with Gasteiger partial charge in [-0.1, -0.05) is 42.5 Å². The van der Waals surface area contributed by atoms with Gasteiger partial charge in [0.25, 0.3) is 0 Å². The molecule has 1 aromatic heterocycles. The lowest BCUT2D eigenvalue weighted by molar-refractivity contribution is 0.188. The Kier molecular flexibility index (Phi) is 4.59. The van der Waals surface area contributed by atoms with Gasteiger partial charge in [-0.2, -0.15) is 0 Å². The van der Waals surface area contributed by atoms with Gasteiger partial charge >= 0.3 is 0 Å². The number of aromatic nitrogens is 2. The lowest BCUT2D eigenvalue weighted by Crippen LogP contribution is -2.47. The molecule has 25 heavy (non-hydrogen) atoms. The van der Waals surface area contributed by atoms with Crippen molar-refractivity contribution in [2.45, 2.75) is 0 Å². The van der Waals surface area contributed by atoms with E-state index in [0.29, 0.717) is 0 Å². The number of benzene rings is 2. The van der Waals surface area contributed by atoms with Crippen LogP contribution in [0.3, 0.4) is 0 Å². The molecule has 5 heteroatoms. The highest BCUT2D eigenvalue weighted by molar-refractivity contribution is 5.91. The number of aliphatic hydroxyl groups is 1. The van der Waals surface area contributed by atoms with Gasteiger partial charge in [-0.15, -0.1) is 0 Å². The zero-order valence-corrected chi connectivity index (χ0v) is 14.2. The first-order chi connectivity index (χ1) is 12.3. The summed E-state index contributed by atoms with van der Waals surface area (Å²) in [6.07, 6.45) is 0. The molecule has 2 aromatic carbocycles. The van der Waals surface area contributed by atoms with Crippen LogP contribution < -0.4 is 4.90 Å². The quantitative estimate of drug-likeness (QED) is 0.794. The minimum Gasteiger partial charge on any atom is -0.395 e. The number of β-amino-alcohol motifs (C(OH)–C–C–N with tert-alkyl or cyclic N) is 1. The average Bonchev–Trinajstić information content (AvgIpc) is 2.69. The maximum atomic E-state index is 9.13. The number of piperazine rings is 1. The second-order valence-electron chi connectivity index (χ2n) is 6.31. The summed E-state index contributed by atoms with van der Waals surface area (Å²) in [5, 5.41) is 10.2. The fourth-order valence-corrected chi connectivity index (χ4v) is 3.34. The number of aliphatic hydroxyl groups excluding tert-OH is 1. The molecule has 3 aromatic rings. The van der Waals surface area contributed by atoms with Crippen LogP contribution in [-0.2, 0) is 0 Å². The summed E-state index contributed by atoms with van der Waals surface area (Å²) in [7, 11) is 0. The van der Waals surface area contributed by atoms with Gasteiger partial charge in [0.1, 0.15) is 5.82 Å². The van der Waals surface area contributed by atoms with Crippen molar-refractivity contribution in [1.82, 2.24) is 14.9 Å². The molecule has 1 aliphatic heterocycles. The predicted molar refractivity (Wildman–Crippen MR) is 101 cm³/mol. The van der Waals surface area contributed by atoms with Crippen LogP contribution in [0.5, 0.6) is 0 Å². The van der Waals surface area contributed by atoms with Crippen LogP contribution in [0.2, 0.25) is 0 Å². The summed E-state index contributed by atoms with van der Waals surface area (Å²) in [5.41, 5.74) is 2.01. The molecule has 5 nitrogen and oxygen atoms in total. The van der Waals surface area contributed by atoms with Crippen molar-refractivity contribution >= 4 is 16.7 Å². The van der Waals surface area contributed by atoms with E-state index in [4.69, 9.17) is 15.1 Å². The Morgan fingerprint density at radius 3 is 2.32 bits per heavy atom. The van der Waals surface area contributed by atoms with E-state index in [0.717, 1.165) is 60.8 Å². The largest absolute Gasteiger partial charge is 0.395 e. The summed E-state index contributed by atoms with van der Waals surface area (Å²) in [6, 6.07) is 18.3. The number of nitrogens with zero attached hydrogens (tertiary/aromatic N) is 4. The topological polar surface area (TPSA) is 52.5 Å². The van der Waals surface area contributed by atoms with E-state index in [-0.39, 0.29) is 6.61 Å². The highest BCUT2D eigenvalue weighted by atomic mass is 16.3. The molecule has 0 saturated carbocycles. The molecule has 0 bridgehead atoms. The van der Waals surface area contributed by atoms with E-state index in [2.05, 4.69) is 21.9 Å². The molecule has 1 aliphatic rings. The number of para-hydroxylation sites is 1. The van der Waals surface area contributed by atoms with Crippen molar-refractivity contribution < 1.29 is 5.11 Å². The highest BCUT2D eigenvalue weighted by Gasteiger charge is 2.20. The summed E-state index contributed by atoms with van der Waals surface area (Å²) < 4.78 is 0. The Morgan fingerprint density at radius 1 is 0.840 bits per heavy atom. The van der Waals surface area contributed by atoms with Crippen molar-refractivity contribution in [1.29, 1.82) is 0 Å². The molecule has 0 unspecified atom stereocenters. The Labute approximate surface area is 147 Å². The fourth-order valence-electron chi connectivity index (χ4n) is 3.34. The van der Waals surface area contributed by atoms with E-state index < -0.39 is 0 Å². The summed E-state index contributed by atoms with van der Waals surface area (Å²) in [5.74, 6) is 1.78. The third kappa shape index (κ3) is 3.34. The molecule has 0 radical (unpaired) electrons. The molecule has 1 saturated heterocycles. The number of hydrogen-bond acceptors (Lipinski definition) is 5. The SMILES string of the molecule is OCCN1CCN(c2nc(-c3ccccc3)nc3ccccc23)CC1. The Balaban J connectivity index is 1.72. The first kappa shape index (κ1) is 16.0. The molecule has 4 rings (SSSR count). The van der Waals surface area contributed by atoms with Gasteiger partial charge < -0.3 is 10.0 Å². The maximum Gasteiger partial charge on any atom is 0.162 e. The lowest BCUT2D eigenvalue weighted by atomic mass is 10.1. The van der Waals surface area contributed by atoms with Crippen LogP contribution in [-0.4, -0.2) is 59.3 Å². The van der Waals surface area contributed by atoms with Crippen LogP contribution >= 0.6 is 0 Å². The maximum absolute atomic E-state index is 9.13. The third-order valence-corrected chi connectivity index (χ3v) is 4.70.